The maximum absolute atomic E-state index is 12.5. The minimum atomic E-state index is -0.255. The first kappa shape index (κ1) is 17.0. The van der Waals surface area contributed by atoms with E-state index >= 15 is 0 Å². The van der Waals surface area contributed by atoms with Crippen molar-refractivity contribution in [1.82, 2.24) is 9.88 Å². The lowest BCUT2D eigenvalue weighted by Crippen LogP contribution is -2.37. The molecule has 2 aliphatic heterocycles. The number of aromatic nitrogens is 1. The van der Waals surface area contributed by atoms with Crippen LogP contribution in [-0.2, 0) is 22.6 Å². The monoisotopic (exact) mass is 372 g/mol. The second-order valence-electron chi connectivity index (χ2n) is 6.47. The average Bonchev–Trinajstić information content (AvgIpc) is 2.93. The number of carbonyl (C=O) groups is 2. The Morgan fingerprint density at radius 1 is 1.35 bits per heavy atom. The Morgan fingerprint density at radius 3 is 3.08 bits per heavy atom. The zero-order chi connectivity index (χ0) is 18.1. The highest BCUT2D eigenvalue weighted by Gasteiger charge is 2.26. The molecule has 0 radical (unpaired) electrons. The number of hydrogen-bond donors (Lipinski definition) is 1. The van der Waals surface area contributed by atoms with E-state index in [-0.39, 0.29) is 24.8 Å². The van der Waals surface area contributed by atoms with E-state index in [1.165, 1.54) is 21.1 Å². The van der Waals surface area contributed by atoms with E-state index in [4.69, 9.17) is 4.74 Å². The molecule has 2 aliphatic rings. The highest BCUT2D eigenvalue weighted by atomic mass is 32.1. The fourth-order valence-corrected chi connectivity index (χ4v) is 4.28. The molecule has 0 bridgehead atoms. The molecule has 0 unspecified atom stereocenters. The smallest absolute Gasteiger partial charge is 0.246 e. The summed E-state index contributed by atoms with van der Waals surface area (Å²) in [6.07, 6.45) is 1.15. The Balaban J connectivity index is 1.49. The number of anilines is 2. The van der Waals surface area contributed by atoms with Gasteiger partial charge >= 0.3 is 0 Å². The predicted octanol–water partition coefficient (Wildman–Crippen LogP) is 1.89. The number of hydrogen-bond acceptors (Lipinski definition) is 6. The molecule has 0 atom stereocenters. The molecule has 3 heterocycles. The van der Waals surface area contributed by atoms with Crippen molar-refractivity contribution in [1.29, 1.82) is 0 Å². The summed E-state index contributed by atoms with van der Waals surface area (Å²) in [6, 6.07) is 7.29. The third kappa shape index (κ3) is 3.42. The number of amides is 2. The standard InChI is InChI=1S/C18H20N4O3S/c1-21-8-6-12-15(10-21)26-18(19-12)20-16(23)11-22-13-4-2-3-5-14(13)25-9-7-17(22)24/h2-5H,6-11H2,1H3,(H,19,20,23). The van der Waals surface area contributed by atoms with E-state index < -0.39 is 0 Å². The molecule has 0 aliphatic carbocycles. The largest absolute Gasteiger partial charge is 0.491 e. The number of ether oxygens (including phenoxy) is 1. The molecule has 0 spiro atoms. The van der Waals surface area contributed by atoms with Gasteiger partial charge in [-0.3, -0.25) is 14.5 Å². The van der Waals surface area contributed by atoms with E-state index in [0.29, 0.717) is 23.2 Å². The number of thiazole rings is 1. The summed E-state index contributed by atoms with van der Waals surface area (Å²) in [4.78, 5) is 34.4. The van der Waals surface area contributed by atoms with Crippen molar-refractivity contribution in [2.45, 2.75) is 19.4 Å². The Morgan fingerprint density at radius 2 is 2.19 bits per heavy atom. The molecule has 0 fully saturated rings. The van der Waals surface area contributed by atoms with E-state index in [0.717, 1.165) is 25.2 Å². The molecule has 2 aromatic rings. The van der Waals surface area contributed by atoms with Gasteiger partial charge in [0.15, 0.2) is 5.13 Å². The number of rotatable bonds is 3. The Bertz CT molecular complexity index is 851. The summed E-state index contributed by atoms with van der Waals surface area (Å²) in [5, 5.41) is 3.45. The minimum Gasteiger partial charge on any atom is -0.491 e. The zero-order valence-electron chi connectivity index (χ0n) is 14.5. The summed E-state index contributed by atoms with van der Waals surface area (Å²) < 4.78 is 5.60. The molecule has 1 aromatic carbocycles. The summed E-state index contributed by atoms with van der Waals surface area (Å²) in [6.45, 7) is 2.10. The van der Waals surface area contributed by atoms with Crippen LogP contribution in [0.4, 0.5) is 10.8 Å². The maximum atomic E-state index is 12.5. The summed E-state index contributed by atoms with van der Waals surface area (Å²) in [5.74, 6) is 0.249. The summed E-state index contributed by atoms with van der Waals surface area (Å²) >= 11 is 1.51. The van der Waals surface area contributed by atoms with Crippen LogP contribution in [0.15, 0.2) is 24.3 Å². The topological polar surface area (TPSA) is 74.8 Å². The third-order valence-electron chi connectivity index (χ3n) is 4.50. The van der Waals surface area contributed by atoms with Crippen LogP contribution in [0.1, 0.15) is 17.0 Å². The third-order valence-corrected chi connectivity index (χ3v) is 5.50. The molecule has 8 heteroatoms. The number of para-hydroxylation sites is 2. The second kappa shape index (κ2) is 7.05. The highest BCUT2D eigenvalue weighted by molar-refractivity contribution is 7.15. The highest BCUT2D eigenvalue weighted by Crippen LogP contribution is 2.31. The van der Waals surface area contributed by atoms with Crippen LogP contribution < -0.4 is 15.0 Å². The number of fused-ring (bicyclic) bond motifs is 2. The van der Waals surface area contributed by atoms with Gasteiger partial charge in [-0.2, -0.15) is 0 Å². The Kier molecular flexibility index (Phi) is 4.60. The van der Waals surface area contributed by atoms with Crippen molar-refractivity contribution in [3.8, 4) is 5.75 Å². The van der Waals surface area contributed by atoms with Crippen molar-refractivity contribution in [2.75, 3.05) is 37.0 Å². The first-order valence-corrected chi connectivity index (χ1v) is 9.41. The van der Waals surface area contributed by atoms with E-state index in [1.54, 1.807) is 6.07 Å². The zero-order valence-corrected chi connectivity index (χ0v) is 15.3. The van der Waals surface area contributed by atoms with Crippen LogP contribution in [0, 0.1) is 0 Å². The van der Waals surface area contributed by atoms with Gasteiger partial charge in [-0.1, -0.05) is 12.1 Å². The first-order valence-electron chi connectivity index (χ1n) is 8.59. The molecule has 26 heavy (non-hydrogen) atoms. The molecule has 0 saturated heterocycles. The molecule has 7 nitrogen and oxygen atoms in total. The normalized spacial score (nSPS) is 17.1. The Labute approximate surface area is 155 Å². The quantitative estimate of drug-likeness (QED) is 0.891. The van der Waals surface area contributed by atoms with Gasteiger partial charge in [0.05, 0.1) is 24.4 Å². The van der Waals surface area contributed by atoms with Crippen LogP contribution in [0.5, 0.6) is 5.75 Å². The van der Waals surface area contributed by atoms with Gasteiger partial charge in [-0.15, -0.1) is 11.3 Å². The first-order chi connectivity index (χ1) is 12.6. The Hall–Kier alpha value is -2.45. The molecule has 4 rings (SSSR count). The van der Waals surface area contributed by atoms with Gasteiger partial charge in [0.2, 0.25) is 11.8 Å². The van der Waals surface area contributed by atoms with E-state index in [2.05, 4.69) is 22.2 Å². The fourth-order valence-electron chi connectivity index (χ4n) is 3.17. The van der Waals surface area contributed by atoms with Crippen molar-refractivity contribution in [2.24, 2.45) is 0 Å². The molecule has 1 N–H and O–H groups in total. The number of nitrogens with zero attached hydrogens (tertiary/aromatic N) is 3. The van der Waals surface area contributed by atoms with Gasteiger partial charge in [0.25, 0.3) is 0 Å². The van der Waals surface area contributed by atoms with Crippen LogP contribution >= 0.6 is 11.3 Å². The van der Waals surface area contributed by atoms with Crippen LogP contribution in [0.2, 0.25) is 0 Å². The second-order valence-corrected chi connectivity index (χ2v) is 7.55. The van der Waals surface area contributed by atoms with Gasteiger partial charge in [0, 0.05) is 24.4 Å². The number of likely N-dealkylation sites (N-methyl/N-ethyl adjacent to an activating group) is 1. The number of benzene rings is 1. The van der Waals surface area contributed by atoms with Crippen LogP contribution in [0.25, 0.3) is 0 Å². The van der Waals surface area contributed by atoms with Gasteiger partial charge in [0.1, 0.15) is 12.3 Å². The van der Waals surface area contributed by atoms with E-state index in [1.807, 2.05) is 18.2 Å². The molecule has 136 valence electrons. The molecular weight excluding hydrogens is 352 g/mol. The average molecular weight is 372 g/mol. The van der Waals surface area contributed by atoms with Gasteiger partial charge < -0.3 is 15.0 Å². The van der Waals surface area contributed by atoms with Crippen molar-refractivity contribution in [3.05, 3.63) is 34.8 Å². The van der Waals surface area contributed by atoms with Crippen LogP contribution in [0.3, 0.4) is 0 Å². The van der Waals surface area contributed by atoms with Crippen molar-refractivity contribution in [3.63, 3.8) is 0 Å². The molecule has 1 aromatic heterocycles. The minimum absolute atomic E-state index is 0.0522. The van der Waals surface area contributed by atoms with E-state index in [9.17, 15) is 9.59 Å². The molecule has 0 saturated carbocycles. The van der Waals surface area contributed by atoms with Gasteiger partial charge in [-0.25, -0.2) is 4.98 Å². The van der Waals surface area contributed by atoms with Gasteiger partial charge in [-0.05, 0) is 19.2 Å². The van der Waals surface area contributed by atoms with Crippen molar-refractivity contribution >= 4 is 34.0 Å². The maximum Gasteiger partial charge on any atom is 0.246 e. The summed E-state index contributed by atoms with van der Waals surface area (Å²) in [7, 11) is 2.07. The predicted molar refractivity (Wildman–Crippen MR) is 99.7 cm³/mol. The SMILES string of the molecule is CN1CCc2nc(NC(=O)CN3C(=O)CCOc4ccccc43)sc2C1. The number of nitrogens with one attached hydrogen (secondary N) is 1. The van der Waals surface area contributed by atoms with Crippen LogP contribution in [-0.4, -0.2) is 48.4 Å². The number of carbonyl (C=O) groups excluding carboxylic acids is 2. The summed E-state index contributed by atoms with van der Waals surface area (Å²) in [5.41, 5.74) is 1.69. The lowest BCUT2D eigenvalue weighted by atomic mass is 10.2. The fraction of sp³-hybridized carbons (Fsp3) is 0.389. The molecular formula is C18H20N4O3S. The lowest BCUT2D eigenvalue weighted by molar-refractivity contribution is -0.121. The lowest BCUT2D eigenvalue weighted by Gasteiger charge is -2.20. The van der Waals surface area contributed by atoms with Crippen molar-refractivity contribution < 1.29 is 14.3 Å². The molecule has 2 amide bonds.